The monoisotopic (exact) mass is 420 g/mol. The highest BCUT2D eigenvalue weighted by molar-refractivity contribution is 6.74. The number of carbonyl (C=O) groups is 1. The van der Waals surface area contributed by atoms with Crippen molar-refractivity contribution in [3.63, 3.8) is 0 Å². The Labute approximate surface area is 176 Å². The maximum Gasteiger partial charge on any atom is 0.192 e. The fourth-order valence-corrected chi connectivity index (χ4v) is 5.02. The lowest BCUT2D eigenvalue weighted by Crippen LogP contribution is -2.57. The average molecular weight is 421 g/mol. The first-order valence-electron chi connectivity index (χ1n) is 10.7. The van der Waals surface area contributed by atoms with Gasteiger partial charge < -0.3 is 23.4 Å². The maximum absolute atomic E-state index is 11.6. The molecule has 0 bridgehead atoms. The van der Waals surface area contributed by atoms with E-state index in [0.29, 0.717) is 19.4 Å². The molecule has 2 aliphatic rings. The summed E-state index contributed by atoms with van der Waals surface area (Å²) in [5, 5.41) is 0.109. The number of ether oxygens (including phenoxy) is 3. The summed E-state index contributed by atoms with van der Waals surface area (Å²) in [5.41, 5.74) is 1.02. The van der Waals surface area contributed by atoms with Gasteiger partial charge in [-0.25, -0.2) is 0 Å². The molecule has 5 nitrogen and oxygen atoms in total. The third-order valence-electron chi connectivity index (χ3n) is 6.46. The Kier molecular flexibility index (Phi) is 7.01. The second-order valence-corrected chi connectivity index (χ2v) is 14.6. The van der Waals surface area contributed by atoms with E-state index in [2.05, 4.69) is 33.9 Å². The molecule has 0 spiro atoms. The SMILES string of the molecule is CC(=O)CC[C@@H]1O[C@@H]2COC(c3ccccc3)O[C@H]2C[C@H]1O[Si](C)(C)C(C)(C)C. The minimum Gasteiger partial charge on any atom is -0.411 e. The number of rotatable bonds is 6. The van der Waals surface area contributed by atoms with E-state index in [-0.39, 0.29) is 41.5 Å². The van der Waals surface area contributed by atoms with Gasteiger partial charge in [0.15, 0.2) is 14.6 Å². The van der Waals surface area contributed by atoms with Crippen LogP contribution in [0.4, 0.5) is 0 Å². The number of Topliss-reactive ketones (excluding diaryl/α,β-unsaturated/α-hetero) is 1. The molecule has 3 rings (SSSR count). The predicted molar refractivity (Wildman–Crippen MR) is 115 cm³/mol. The number of fused-ring (bicyclic) bond motifs is 1. The zero-order chi connectivity index (χ0) is 21.2. The van der Waals surface area contributed by atoms with Gasteiger partial charge in [0, 0.05) is 18.4 Å². The molecule has 0 amide bonds. The summed E-state index contributed by atoms with van der Waals surface area (Å²) in [7, 11) is -1.98. The van der Waals surface area contributed by atoms with Crippen molar-refractivity contribution in [3.05, 3.63) is 35.9 Å². The van der Waals surface area contributed by atoms with E-state index in [4.69, 9.17) is 18.6 Å². The van der Waals surface area contributed by atoms with Crippen LogP contribution in [0.1, 0.15) is 58.8 Å². The van der Waals surface area contributed by atoms with Gasteiger partial charge in [-0.15, -0.1) is 0 Å². The van der Waals surface area contributed by atoms with E-state index >= 15 is 0 Å². The van der Waals surface area contributed by atoms with E-state index in [1.54, 1.807) is 6.92 Å². The van der Waals surface area contributed by atoms with Crippen molar-refractivity contribution in [1.82, 2.24) is 0 Å². The molecule has 6 heteroatoms. The second-order valence-electron chi connectivity index (χ2n) is 9.86. The third kappa shape index (κ3) is 5.55. The molecule has 0 radical (unpaired) electrons. The fourth-order valence-electron chi connectivity index (χ4n) is 3.67. The van der Waals surface area contributed by atoms with Crippen LogP contribution < -0.4 is 0 Å². The average Bonchev–Trinajstić information content (AvgIpc) is 2.65. The summed E-state index contributed by atoms with van der Waals surface area (Å²) in [6, 6.07) is 10.0. The number of ketones is 1. The van der Waals surface area contributed by atoms with Gasteiger partial charge in [0.25, 0.3) is 0 Å². The summed E-state index contributed by atoms with van der Waals surface area (Å²) in [6.45, 7) is 13.4. The normalized spacial score (nSPS) is 30.6. The molecule has 29 heavy (non-hydrogen) atoms. The van der Waals surface area contributed by atoms with Crippen molar-refractivity contribution in [3.8, 4) is 0 Å². The Balaban J connectivity index is 1.74. The summed E-state index contributed by atoms with van der Waals surface area (Å²) in [4.78, 5) is 11.6. The van der Waals surface area contributed by atoms with Crippen molar-refractivity contribution in [1.29, 1.82) is 0 Å². The number of carbonyl (C=O) groups excluding carboxylic acids is 1. The lowest BCUT2D eigenvalue weighted by Gasteiger charge is -2.48. The van der Waals surface area contributed by atoms with Gasteiger partial charge in [0.1, 0.15) is 11.9 Å². The van der Waals surface area contributed by atoms with Crippen molar-refractivity contribution in [2.75, 3.05) is 6.61 Å². The van der Waals surface area contributed by atoms with Crippen LogP contribution in [-0.2, 0) is 23.4 Å². The summed E-state index contributed by atoms with van der Waals surface area (Å²) in [6.07, 6.45) is 1.23. The Morgan fingerprint density at radius 3 is 2.45 bits per heavy atom. The molecule has 0 saturated carbocycles. The first-order valence-corrected chi connectivity index (χ1v) is 13.6. The van der Waals surface area contributed by atoms with Crippen LogP contribution in [0.3, 0.4) is 0 Å². The standard InChI is InChI=1S/C23H36O5Si/c1-16(24)12-13-18-20(28-29(5,6)23(2,3)4)14-19-21(26-18)15-25-22(27-19)17-10-8-7-9-11-17/h7-11,18-22H,12-15H2,1-6H3/t18-,19-,20+,21+,22?/m0/s1. The zero-order valence-corrected chi connectivity index (χ0v) is 19.6. The fraction of sp³-hybridized carbons (Fsp3) is 0.696. The van der Waals surface area contributed by atoms with Gasteiger partial charge in [-0.1, -0.05) is 51.1 Å². The van der Waals surface area contributed by atoms with E-state index < -0.39 is 8.32 Å². The molecule has 0 aliphatic carbocycles. The lowest BCUT2D eigenvalue weighted by molar-refractivity contribution is -0.301. The van der Waals surface area contributed by atoms with Gasteiger partial charge in [-0.05, 0) is 31.5 Å². The van der Waals surface area contributed by atoms with Crippen LogP contribution >= 0.6 is 0 Å². The molecule has 5 atom stereocenters. The Morgan fingerprint density at radius 2 is 1.83 bits per heavy atom. The lowest BCUT2D eigenvalue weighted by atomic mass is 9.94. The van der Waals surface area contributed by atoms with Crippen LogP contribution in [0, 0.1) is 0 Å². The topological polar surface area (TPSA) is 54.0 Å². The predicted octanol–water partition coefficient (Wildman–Crippen LogP) is 5.02. The van der Waals surface area contributed by atoms with Crippen LogP contribution in [0.25, 0.3) is 0 Å². The molecule has 2 saturated heterocycles. The third-order valence-corrected chi connectivity index (χ3v) is 11.0. The number of hydrogen-bond acceptors (Lipinski definition) is 5. The van der Waals surface area contributed by atoms with Gasteiger partial charge in [0.05, 0.1) is 24.9 Å². The smallest absolute Gasteiger partial charge is 0.192 e. The molecular formula is C23H36O5Si. The molecule has 0 aromatic heterocycles. The van der Waals surface area contributed by atoms with E-state index in [1.807, 2.05) is 30.3 Å². The first kappa shape index (κ1) is 22.6. The van der Waals surface area contributed by atoms with Gasteiger partial charge in [-0.3, -0.25) is 0 Å². The quantitative estimate of drug-likeness (QED) is 0.605. The summed E-state index contributed by atoms with van der Waals surface area (Å²) >= 11 is 0. The Morgan fingerprint density at radius 1 is 1.14 bits per heavy atom. The molecule has 0 N–H and O–H groups in total. The highest BCUT2D eigenvalue weighted by Crippen LogP contribution is 2.41. The van der Waals surface area contributed by atoms with E-state index in [9.17, 15) is 4.79 Å². The number of hydrogen-bond donors (Lipinski definition) is 0. The summed E-state index contributed by atoms with van der Waals surface area (Å²) < 4.78 is 25.4. The highest BCUT2D eigenvalue weighted by atomic mass is 28.4. The van der Waals surface area contributed by atoms with Crippen LogP contribution in [0.15, 0.2) is 30.3 Å². The van der Waals surface area contributed by atoms with Crippen molar-refractivity contribution < 1.29 is 23.4 Å². The van der Waals surface area contributed by atoms with Crippen LogP contribution in [0.2, 0.25) is 18.1 Å². The van der Waals surface area contributed by atoms with Crippen LogP contribution in [-0.4, -0.2) is 45.1 Å². The minimum atomic E-state index is -1.98. The Hall–Kier alpha value is -1.05. The molecule has 1 aromatic rings. The zero-order valence-electron chi connectivity index (χ0n) is 18.6. The van der Waals surface area contributed by atoms with Crippen LogP contribution in [0.5, 0.6) is 0 Å². The molecule has 2 heterocycles. The van der Waals surface area contributed by atoms with Crippen molar-refractivity contribution in [2.45, 2.75) is 95.8 Å². The van der Waals surface area contributed by atoms with Crippen molar-refractivity contribution in [2.24, 2.45) is 0 Å². The molecule has 2 fully saturated rings. The number of benzene rings is 1. The molecule has 2 aliphatic heterocycles. The maximum atomic E-state index is 11.6. The van der Waals surface area contributed by atoms with Gasteiger partial charge >= 0.3 is 0 Å². The van der Waals surface area contributed by atoms with E-state index in [1.165, 1.54) is 0 Å². The minimum absolute atomic E-state index is 0.0639. The molecule has 162 valence electrons. The highest BCUT2D eigenvalue weighted by Gasteiger charge is 2.47. The molecule has 1 unspecified atom stereocenters. The van der Waals surface area contributed by atoms with E-state index in [0.717, 1.165) is 12.0 Å². The van der Waals surface area contributed by atoms with Gasteiger partial charge in [0.2, 0.25) is 0 Å². The summed E-state index contributed by atoms with van der Waals surface area (Å²) in [5.74, 6) is 0.182. The Bertz CT molecular complexity index is 684. The largest absolute Gasteiger partial charge is 0.411 e. The molecule has 1 aromatic carbocycles. The molecular weight excluding hydrogens is 384 g/mol. The van der Waals surface area contributed by atoms with Gasteiger partial charge in [-0.2, -0.15) is 0 Å². The van der Waals surface area contributed by atoms with Crippen molar-refractivity contribution >= 4 is 14.1 Å². The first-order chi connectivity index (χ1) is 13.6. The second kappa shape index (κ2) is 8.98.